The Kier molecular flexibility index (Phi) is 4.68. The predicted molar refractivity (Wildman–Crippen MR) is 81.1 cm³/mol. The first kappa shape index (κ1) is 14.8. The van der Waals surface area contributed by atoms with Gasteiger partial charge in [0.2, 0.25) is 10.0 Å². The Hall–Kier alpha value is -0.130. The van der Waals surface area contributed by atoms with Gasteiger partial charge in [0.1, 0.15) is 0 Å². The first-order valence-electron chi connectivity index (χ1n) is 8.36. The molecule has 0 amide bonds. The lowest BCUT2D eigenvalue weighted by molar-refractivity contribution is 0.232. The number of piperidine rings is 1. The predicted octanol–water partition coefficient (Wildman–Crippen LogP) is 1.97. The Morgan fingerprint density at radius 1 is 1.00 bits per heavy atom. The fourth-order valence-electron chi connectivity index (χ4n) is 3.90. The summed E-state index contributed by atoms with van der Waals surface area (Å²) in [6.07, 6.45) is 9.30. The van der Waals surface area contributed by atoms with Crippen LogP contribution in [0.25, 0.3) is 0 Å². The standard InChI is InChI=1S/C15H28N2O2S/c18-20(19,12-8-13-3-1-4-13)17-10-6-14(7-11-17)15-5-2-9-16-15/h13-16H,1-12H2. The summed E-state index contributed by atoms with van der Waals surface area (Å²) < 4.78 is 26.5. The molecule has 3 aliphatic rings. The van der Waals surface area contributed by atoms with Crippen LogP contribution in [0.3, 0.4) is 0 Å². The molecule has 3 fully saturated rings. The van der Waals surface area contributed by atoms with Crippen molar-refractivity contribution in [2.75, 3.05) is 25.4 Å². The van der Waals surface area contributed by atoms with E-state index in [2.05, 4.69) is 5.32 Å². The molecule has 116 valence electrons. The molecule has 20 heavy (non-hydrogen) atoms. The summed E-state index contributed by atoms with van der Waals surface area (Å²) in [6.45, 7) is 2.64. The van der Waals surface area contributed by atoms with Gasteiger partial charge in [-0.25, -0.2) is 12.7 Å². The van der Waals surface area contributed by atoms with Crippen molar-refractivity contribution in [3.05, 3.63) is 0 Å². The lowest BCUT2D eigenvalue weighted by Gasteiger charge is -2.34. The number of sulfonamides is 1. The second kappa shape index (κ2) is 6.32. The molecule has 2 aliphatic heterocycles. The van der Waals surface area contributed by atoms with Crippen LogP contribution in [0.15, 0.2) is 0 Å². The summed E-state index contributed by atoms with van der Waals surface area (Å²) in [6, 6.07) is 0.648. The number of rotatable bonds is 5. The molecule has 1 aliphatic carbocycles. The fourth-order valence-corrected chi connectivity index (χ4v) is 5.55. The van der Waals surface area contributed by atoms with Crippen LogP contribution >= 0.6 is 0 Å². The molecule has 2 heterocycles. The minimum Gasteiger partial charge on any atom is -0.314 e. The smallest absolute Gasteiger partial charge is 0.214 e. The molecule has 1 atom stereocenters. The van der Waals surface area contributed by atoms with E-state index in [0.29, 0.717) is 23.6 Å². The van der Waals surface area contributed by atoms with Gasteiger partial charge < -0.3 is 5.32 Å². The van der Waals surface area contributed by atoms with Gasteiger partial charge in [-0.3, -0.25) is 0 Å². The van der Waals surface area contributed by atoms with E-state index in [-0.39, 0.29) is 0 Å². The molecule has 0 aromatic heterocycles. The SMILES string of the molecule is O=S(=O)(CCC1CCC1)N1CCC(C2CCCN2)CC1. The molecule has 0 spiro atoms. The summed E-state index contributed by atoms with van der Waals surface area (Å²) in [5.74, 6) is 1.75. The van der Waals surface area contributed by atoms with E-state index in [4.69, 9.17) is 0 Å². The van der Waals surface area contributed by atoms with E-state index in [1.165, 1.54) is 32.1 Å². The van der Waals surface area contributed by atoms with Crippen molar-refractivity contribution in [2.45, 2.75) is 57.4 Å². The Morgan fingerprint density at radius 3 is 2.30 bits per heavy atom. The lowest BCUT2D eigenvalue weighted by Crippen LogP contribution is -2.44. The fraction of sp³-hybridized carbons (Fsp3) is 1.00. The van der Waals surface area contributed by atoms with Gasteiger partial charge in [0, 0.05) is 19.1 Å². The minimum absolute atomic E-state index is 0.379. The maximum absolute atomic E-state index is 12.4. The second-order valence-corrected chi connectivity index (χ2v) is 8.93. The third-order valence-electron chi connectivity index (χ3n) is 5.57. The highest BCUT2D eigenvalue weighted by molar-refractivity contribution is 7.89. The summed E-state index contributed by atoms with van der Waals surface area (Å²) in [5.41, 5.74) is 0. The maximum Gasteiger partial charge on any atom is 0.214 e. The molecule has 0 aromatic rings. The first-order chi connectivity index (χ1) is 9.65. The third kappa shape index (κ3) is 3.37. The summed E-state index contributed by atoms with van der Waals surface area (Å²) in [4.78, 5) is 0. The van der Waals surface area contributed by atoms with Crippen molar-refractivity contribution in [2.24, 2.45) is 11.8 Å². The van der Waals surface area contributed by atoms with E-state index in [1.54, 1.807) is 4.31 Å². The Morgan fingerprint density at radius 2 is 1.75 bits per heavy atom. The summed E-state index contributed by atoms with van der Waals surface area (Å²) in [5, 5.41) is 3.57. The largest absolute Gasteiger partial charge is 0.314 e. The van der Waals surface area contributed by atoms with Gasteiger partial charge in [-0.2, -0.15) is 0 Å². The van der Waals surface area contributed by atoms with Crippen LogP contribution in [0.4, 0.5) is 0 Å². The summed E-state index contributed by atoms with van der Waals surface area (Å²) >= 11 is 0. The van der Waals surface area contributed by atoms with Crippen LogP contribution in [-0.2, 0) is 10.0 Å². The zero-order valence-corrected chi connectivity index (χ0v) is 13.2. The van der Waals surface area contributed by atoms with Gasteiger partial charge in [-0.05, 0) is 50.5 Å². The highest BCUT2D eigenvalue weighted by atomic mass is 32.2. The van der Waals surface area contributed by atoms with E-state index < -0.39 is 10.0 Å². The lowest BCUT2D eigenvalue weighted by atomic mass is 9.84. The van der Waals surface area contributed by atoms with Crippen LogP contribution < -0.4 is 5.32 Å². The average Bonchev–Trinajstić information content (AvgIpc) is 2.91. The van der Waals surface area contributed by atoms with Crippen LogP contribution in [0, 0.1) is 11.8 Å². The molecule has 4 nitrogen and oxygen atoms in total. The molecule has 1 N–H and O–H groups in total. The third-order valence-corrected chi connectivity index (χ3v) is 7.47. The molecule has 1 saturated carbocycles. The molecule has 0 radical (unpaired) electrons. The number of hydrogen-bond donors (Lipinski definition) is 1. The van der Waals surface area contributed by atoms with E-state index in [9.17, 15) is 8.42 Å². The number of nitrogens with zero attached hydrogens (tertiary/aromatic N) is 1. The molecule has 1 unspecified atom stereocenters. The second-order valence-electron chi connectivity index (χ2n) is 6.84. The van der Waals surface area contributed by atoms with E-state index >= 15 is 0 Å². The molecule has 2 saturated heterocycles. The quantitative estimate of drug-likeness (QED) is 0.844. The molecular formula is C15H28N2O2S. The normalized spacial score (nSPS) is 30.5. The zero-order chi connectivity index (χ0) is 14.0. The van der Waals surface area contributed by atoms with Crippen molar-refractivity contribution < 1.29 is 8.42 Å². The van der Waals surface area contributed by atoms with Crippen molar-refractivity contribution in [3.63, 3.8) is 0 Å². The van der Waals surface area contributed by atoms with E-state index in [1.807, 2.05) is 0 Å². The summed E-state index contributed by atoms with van der Waals surface area (Å²) in [7, 11) is -2.99. The monoisotopic (exact) mass is 300 g/mol. The van der Waals surface area contributed by atoms with Crippen molar-refractivity contribution in [1.82, 2.24) is 9.62 Å². The van der Waals surface area contributed by atoms with Crippen molar-refractivity contribution in [1.29, 1.82) is 0 Å². The van der Waals surface area contributed by atoms with E-state index in [0.717, 1.165) is 38.9 Å². The minimum atomic E-state index is -2.99. The number of nitrogens with one attached hydrogen (secondary N) is 1. The van der Waals surface area contributed by atoms with Gasteiger partial charge in [-0.1, -0.05) is 19.3 Å². The van der Waals surface area contributed by atoms with Gasteiger partial charge in [0.15, 0.2) is 0 Å². The Balaban J connectivity index is 1.46. The van der Waals surface area contributed by atoms with Crippen LogP contribution in [0.1, 0.15) is 51.4 Å². The van der Waals surface area contributed by atoms with Gasteiger partial charge in [0.05, 0.1) is 5.75 Å². The molecule has 0 bridgehead atoms. The van der Waals surface area contributed by atoms with Crippen LogP contribution in [0.2, 0.25) is 0 Å². The molecule has 5 heteroatoms. The van der Waals surface area contributed by atoms with Crippen molar-refractivity contribution >= 4 is 10.0 Å². The molecule has 0 aromatic carbocycles. The zero-order valence-electron chi connectivity index (χ0n) is 12.4. The average molecular weight is 300 g/mol. The first-order valence-corrected chi connectivity index (χ1v) is 9.97. The molecular weight excluding hydrogens is 272 g/mol. The highest BCUT2D eigenvalue weighted by Gasteiger charge is 2.33. The Bertz CT molecular complexity index is 406. The molecule has 3 rings (SSSR count). The Labute approximate surface area is 123 Å². The van der Waals surface area contributed by atoms with Crippen molar-refractivity contribution in [3.8, 4) is 0 Å². The maximum atomic E-state index is 12.4. The van der Waals surface area contributed by atoms with Crippen LogP contribution in [-0.4, -0.2) is 44.2 Å². The van der Waals surface area contributed by atoms with Gasteiger partial charge in [-0.15, -0.1) is 0 Å². The number of hydrogen-bond acceptors (Lipinski definition) is 3. The van der Waals surface area contributed by atoms with Gasteiger partial charge >= 0.3 is 0 Å². The topological polar surface area (TPSA) is 49.4 Å². The van der Waals surface area contributed by atoms with Gasteiger partial charge in [0.25, 0.3) is 0 Å². The highest BCUT2D eigenvalue weighted by Crippen LogP contribution is 2.31. The van der Waals surface area contributed by atoms with Crippen LogP contribution in [0.5, 0.6) is 0 Å².